The Labute approximate surface area is 192 Å². The lowest BCUT2D eigenvalue weighted by molar-refractivity contribution is -0.117. The van der Waals surface area contributed by atoms with Gasteiger partial charge in [0.25, 0.3) is 5.91 Å². The standard InChI is InChI=1S/C25H29N5O3/c1-29(2)15-25(9-10-25)18-4-6-19(7-5-18)30-14-16(11-22(30)31)13-27-24(32)17-3-8-21-20(12-17)23(26)28-33-21/h3-8,12,16H,9-11,13-15H2,1-2H3,(H2,26,28)(H,27,32). The predicted molar refractivity (Wildman–Crippen MR) is 127 cm³/mol. The van der Waals surface area contributed by atoms with Crippen molar-refractivity contribution in [3.63, 3.8) is 0 Å². The monoisotopic (exact) mass is 447 g/mol. The second kappa shape index (κ2) is 8.19. The maximum atomic E-state index is 12.7. The van der Waals surface area contributed by atoms with Crippen molar-refractivity contribution in [1.82, 2.24) is 15.4 Å². The van der Waals surface area contributed by atoms with Crippen LogP contribution in [0.25, 0.3) is 11.0 Å². The van der Waals surface area contributed by atoms with E-state index in [0.29, 0.717) is 36.0 Å². The average molecular weight is 448 g/mol. The van der Waals surface area contributed by atoms with E-state index in [1.54, 1.807) is 18.2 Å². The number of nitrogens with one attached hydrogen (secondary N) is 1. The zero-order chi connectivity index (χ0) is 23.2. The van der Waals surface area contributed by atoms with Crippen molar-refractivity contribution >= 4 is 34.3 Å². The molecular weight excluding hydrogens is 418 g/mol. The number of hydrogen-bond donors (Lipinski definition) is 2. The number of aromatic nitrogens is 1. The summed E-state index contributed by atoms with van der Waals surface area (Å²) in [7, 11) is 4.22. The molecule has 1 saturated carbocycles. The van der Waals surface area contributed by atoms with E-state index in [4.69, 9.17) is 10.3 Å². The largest absolute Gasteiger partial charge is 0.380 e. The Morgan fingerprint density at radius 2 is 2.00 bits per heavy atom. The van der Waals surface area contributed by atoms with Crippen molar-refractivity contribution < 1.29 is 14.1 Å². The van der Waals surface area contributed by atoms with Gasteiger partial charge in [-0.15, -0.1) is 0 Å². The van der Waals surface area contributed by atoms with Crippen molar-refractivity contribution in [2.24, 2.45) is 5.92 Å². The molecule has 33 heavy (non-hydrogen) atoms. The van der Waals surface area contributed by atoms with Crippen LogP contribution in [0.5, 0.6) is 0 Å². The Kier molecular flexibility index (Phi) is 5.32. The molecule has 1 aromatic heterocycles. The number of hydrogen-bond acceptors (Lipinski definition) is 6. The van der Waals surface area contributed by atoms with Crippen molar-refractivity contribution in [2.45, 2.75) is 24.7 Å². The zero-order valence-electron chi connectivity index (χ0n) is 19.0. The van der Waals surface area contributed by atoms with Crippen molar-refractivity contribution in [3.8, 4) is 0 Å². The lowest BCUT2D eigenvalue weighted by Gasteiger charge is -2.22. The summed E-state index contributed by atoms with van der Waals surface area (Å²) in [5.74, 6) is 0.213. The van der Waals surface area contributed by atoms with E-state index >= 15 is 0 Å². The molecule has 2 fully saturated rings. The summed E-state index contributed by atoms with van der Waals surface area (Å²) in [4.78, 5) is 29.4. The number of nitrogens with zero attached hydrogens (tertiary/aromatic N) is 3. The molecule has 1 atom stereocenters. The van der Waals surface area contributed by atoms with Gasteiger partial charge >= 0.3 is 0 Å². The van der Waals surface area contributed by atoms with Crippen molar-refractivity contribution in [3.05, 3.63) is 53.6 Å². The van der Waals surface area contributed by atoms with Crippen LogP contribution in [0.1, 0.15) is 35.2 Å². The molecule has 2 heterocycles. The van der Waals surface area contributed by atoms with Gasteiger partial charge in [-0.05, 0) is 62.8 Å². The van der Waals surface area contributed by atoms with E-state index in [0.717, 1.165) is 12.2 Å². The van der Waals surface area contributed by atoms with Crippen LogP contribution < -0.4 is 16.0 Å². The fourth-order valence-corrected chi connectivity index (χ4v) is 4.89. The minimum absolute atomic E-state index is 0.0639. The third-order valence-corrected chi connectivity index (χ3v) is 6.78. The van der Waals surface area contributed by atoms with E-state index in [1.165, 1.54) is 18.4 Å². The molecule has 172 valence electrons. The van der Waals surface area contributed by atoms with E-state index in [-0.39, 0.29) is 29.0 Å². The third-order valence-electron chi connectivity index (χ3n) is 6.78. The molecule has 2 amide bonds. The normalized spacial score (nSPS) is 19.4. The maximum absolute atomic E-state index is 12.7. The second-order valence-corrected chi connectivity index (χ2v) is 9.63. The summed E-state index contributed by atoms with van der Waals surface area (Å²) in [5, 5.41) is 7.28. The fourth-order valence-electron chi connectivity index (χ4n) is 4.89. The molecule has 2 aromatic carbocycles. The van der Waals surface area contributed by atoms with Crippen LogP contribution in [0.2, 0.25) is 0 Å². The number of nitrogen functional groups attached to an aromatic ring is 1. The SMILES string of the molecule is CN(C)CC1(c2ccc(N3CC(CNC(=O)c4ccc5onc(N)c5c4)CC3=O)cc2)CC1. The molecule has 8 heteroatoms. The average Bonchev–Trinajstić information content (AvgIpc) is 3.34. The van der Waals surface area contributed by atoms with Crippen LogP contribution in [0.4, 0.5) is 11.5 Å². The first-order valence-corrected chi connectivity index (χ1v) is 11.3. The highest BCUT2D eigenvalue weighted by molar-refractivity contribution is 6.00. The molecule has 0 bridgehead atoms. The summed E-state index contributed by atoms with van der Waals surface area (Å²) < 4.78 is 5.08. The Hall–Kier alpha value is -3.39. The molecule has 1 aliphatic carbocycles. The first-order chi connectivity index (χ1) is 15.8. The Morgan fingerprint density at radius 1 is 1.24 bits per heavy atom. The van der Waals surface area contributed by atoms with Gasteiger partial charge in [0, 0.05) is 48.6 Å². The minimum Gasteiger partial charge on any atom is -0.380 e. The topological polar surface area (TPSA) is 105 Å². The minimum atomic E-state index is -0.205. The Bertz CT molecular complexity index is 1200. The van der Waals surface area contributed by atoms with Crippen molar-refractivity contribution in [1.29, 1.82) is 0 Å². The molecular formula is C25H29N5O3. The Balaban J connectivity index is 1.20. The number of rotatable bonds is 7. The molecule has 3 aromatic rings. The quantitative estimate of drug-likeness (QED) is 0.577. The van der Waals surface area contributed by atoms with Crippen LogP contribution in [0.15, 0.2) is 47.0 Å². The summed E-state index contributed by atoms with van der Waals surface area (Å²) >= 11 is 0. The number of fused-ring (bicyclic) bond motifs is 1. The molecule has 8 nitrogen and oxygen atoms in total. The van der Waals surface area contributed by atoms with Gasteiger partial charge in [0.15, 0.2) is 11.4 Å². The second-order valence-electron chi connectivity index (χ2n) is 9.63. The number of benzene rings is 2. The maximum Gasteiger partial charge on any atom is 0.251 e. The summed E-state index contributed by atoms with van der Waals surface area (Å²) in [6, 6.07) is 13.5. The number of carbonyl (C=O) groups is 2. The van der Waals surface area contributed by atoms with Crippen LogP contribution in [-0.4, -0.2) is 55.6 Å². The number of carbonyl (C=O) groups excluding carboxylic acids is 2. The molecule has 5 rings (SSSR count). The smallest absolute Gasteiger partial charge is 0.251 e. The number of amides is 2. The summed E-state index contributed by atoms with van der Waals surface area (Å²) in [5.41, 5.74) is 9.35. The highest BCUT2D eigenvalue weighted by atomic mass is 16.5. The van der Waals surface area contributed by atoms with E-state index in [9.17, 15) is 9.59 Å². The van der Waals surface area contributed by atoms with Crippen LogP contribution >= 0.6 is 0 Å². The van der Waals surface area contributed by atoms with Crippen LogP contribution in [0.3, 0.4) is 0 Å². The zero-order valence-corrected chi connectivity index (χ0v) is 19.0. The highest BCUT2D eigenvalue weighted by Crippen LogP contribution is 2.48. The van der Waals surface area contributed by atoms with Gasteiger partial charge < -0.3 is 25.4 Å². The summed E-state index contributed by atoms with van der Waals surface area (Å²) in [6.45, 7) is 2.08. The van der Waals surface area contributed by atoms with E-state index in [1.807, 2.05) is 4.90 Å². The van der Waals surface area contributed by atoms with Crippen LogP contribution in [0, 0.1) is 5.92 Å². The molecule has 3 N–H and O–H groups in total. The molecule has 2 aliphatic rings. The van der Waals surface area contributed by atoms with Gasteiger partial charge in [-0.3, -0.25) is 9.59 Å². The molecule has 0 radical (unpaired) electrons. The van der Waals surface area contributed by atoms with E-state index in [2.05, 4.69) is 53.7 Å². The Morgan fingerprint density at radius 3 is 2.70 bits per heavy atom. The number of nitrogens with two attached hydrogens (primary N) is 1. The molecule has 1 unspecified atom stereocenters. The number of likely N-dealkylation sites (N-methyl/N-ethyl adjacent to an activating group) is 1. The van der Waals surface area contributed by atoms with Gasteiger partial charge in [-0.1, -0.05) is 17.3 Å². The molecule has 1 saturated heterocycles. The lowest BCUT2D eigenvalue weighted by atomic mass is 9.95. The fraction of sp³-hybridized carbons (Fsp3) is 0.400. The van der Waals surface area contributed by atoms with Gasteiger partial charge in [0.05, 0.1) is 5.39 Å². The molecule has 0 spiro atoms. The summed E-state index contributed by atoms with van der Waals surface area (Å²) in [6.07, 6.45) is 2.85. The van der Waals surface area contributed by atoms with Gasteiger partial charge in [0.2, 0.25) is 5.91 Å². The van der Waals surface area contributed by atoms with Gasteiger partial charge in [0.1, 0.15) is 0 Å². The van der Waals surface area contributed by atoms with Crippen molar-refractivity contribution in [2.75, 3.05) is 44.4 Å². The van der Waals surface area contributed by atoms with Crippen LogP contribution in [-0.2, 0) is 10.2 Å². The highest BCUT2D eigenvalue weighted by Gasteiger charge is 2.44. The number of anilines is 2. The van der Waals surface area contributed by atoms with Gasteiger partial charge in [-0.2, -0.15) is 0 Å². The lowest BCUT2D eigenvalue weighted by Crippen LogP contribution is -2.31. The molecule has 1 aliphatic heterocycles. The first kappa shape index (κ1) is 21.5. The van der Waals surface area contributed by atoms with Gasteiger partial charge in [-0.25, -0.2) is 0 Å². The third kappa shape index (κ3) is 4.18. The first-order valence-electron chi connectivity index (χ1n) is 11.3. The van der Waals surface area contributed by atoms with E-state index < -0.39 is 0 Å². The predicted octanol–water partition coefficient (Wildman–Crippen LogP) is 2.79.